The third-order valence-corrected chi connectivity index (χ3v) is 3.91. The van der Waals surface area contributed by atoms with Gasteiger partial charge in [0.1, 0.15) is 12.1 Å². The van der Waals surface area contributed by atoms with Gasteiger partial charge in [-0.1, -0.05) is 39.5 Å². The van der Waals surface area contributed by atoms with Crippen LogP contribution >= 0.6 is 0 Å². The van der Waals surface area contributed by atoms with E-state index in [0.29, 0.717) is 0 Å². The molecule has 0 spiro atoms. The molecule has 16 heavy (non-hydrogen) atoms. The molecule has 2 heteroatoms. The van der Waals surface area contributed by atoms with Gasteiger partial charge in [-0.15, -0.1) is 0 Å². The van der Waals surface area contributed by atoms with Gasteiger partial charge >= 0.3 is 0 Å². The molecule has 0 N–H and O–H groups in total. The van der Waals surface area contributed by atoms with Crippen LogP contribution in [0.4, 0.5) is 0 Å². The normalized spacial score (nSPS) is 29.6. The third-order valence-electron chi connectivity index (χ3n) is 3.91. The quantitative estimate of drug-likeness (QED) is 0.489. The lowest BCUT2D eigenvalue weighted by Gasteiger charge is -2.20. The van der Waals surface area contributed by atoms with Gasteiger partial charge in [-0.25, -0.2) is 0 Å². The van der Waals surface area contributed by atoms with Gasteiger partial charge in [-0.3, -0.25) is 4.79 Å². The van der Waals surface area contributed by atoms with E-state index in [1.54, 1.807) is 0 Å². The zero-order valence-corrected chi connectivity index (χ0v) is 10.6. The number of carbonyl (C=O) groups is 2. The Labute approximate surface area is 98.8 Å². The predicted molar refractivity (Wildman–Crippen MR) is 65.3 cm³/mol. The summed E-state index contributed by atoms with van der Waals surface area (Å²) in [5.41, 5.74) is -0.603. The molecule has 0 heterocycles. The van der Waals surface area contributed by atoms with Crippen LogP contribution in [0.15, 0.2) is 0 Å². The molecule has 0 radical (unpaired) electrons. The summed E-state index contributed by atoms with van der Waals surface area (Å²) < 4.78 is 0. The van der Waals surface area contributed by atoms with Crippen molar-refractivity contribution >= 4 is 12.1 Å². The lowest BCUT2D eigenvalue weighted by atomic mass is 9.80. The van der Waals surface area contributed by atoms with Crippen LogP contribution in [0, 0.1) is 11.3 Å². The summed E-state index contributed by atoms with van der Waals surface area (Å²) in [6.07, 6.45) is 8.72. The minimum absolute atomic E-state index is 0.169. The van der Waals surface area contributed by atoms with Gasteiger partial charge in [0.15, 0.2) is 0 Å². The molecule has 0 aromatic rings. The SMILES string of the molecule is CCCCC1CCC(C=O)(CCCC)C1=O. The van der Waals surface area contributed by atoms with Crippen molar-refractivity contribution in [3.63, 3.8) is 0 Å². The number of ketones is 1. The predicted octanol–water partition coefficient (Wildman–Crippen LogP) is 3.53. The number of aldehydes is 1. The number of unbranched alkanes of at least 4 members (excludes halogenated alkanes) is 2. The van der Waals surface area contributed by atoms with Gasteiger partial charge in [0.25, 0.3) is 0 Å². The Bertz CT molecular complexity index is 247. The second kappa shape index (κ2) is 6.17. The molecular weight excluding hydrogens is 200 g/mol. The Hall–Kier alpha value is -0.660. The second-order valence-electron chi connectivity index (χ2n) is 5.12. The summed E-state index contributed by atoms with van der Waals surface area (Å²) in [5, 5.41) is 0. The van der Waals surface area contributed by atoms with E-state index < -0.39 is 5.41 Å². The fraction of sp³-hybridized carbons (Fsp3) is 0.857. The topological polar surface area (TPSA) is 34.1 Å². The van der Waals surface area contributed by atoms with Crippen molar-refractivity contribution in [2.75, 3.05) is 0 Å². The molecule has 1 fully saturated rings. The first-order valence-corrected chi connectivity index (χ1v) is 6.70. The minimum Gasteiger partial charge on any atom is -0.302 e. The van der Waals surface area contributed by atoms with Crippen molar-refractivity contribution in [1.82, 2.24) is 0 Å². The molecule has 1 saturated carbocycles. The van der Waals surface area contributed by atoms with Gasteiger partial charge in [0.05, 0.1) is 5.41 Å². The molecule has 1 aliphatic carbocycles. The number of carbonyl (C=O) groups excluding carboxylic acids is 2. The Morgan fingerprint density at radius 3 is 2.56 bits per heavy atom. The number of rotatable bonds is 7. The third kappa shape index (κ3) is 2.72. The van der Waals surface area contributed by atoms with Gasteiger partial charge in [0, 0.05) is 5.92 Å². The molecule has 0 bridgehead atoms. The van der Waals surface area contributed by atoms with Crippen LogP contribution in [0.5, 0.6) is 0 Å². The number of hydrogen-bond donors (Lipinski definition) is 0. The summed E-state index contributed by atoms with van der Waals surface area (Å²) in [6.45, 7) is 4.25. The van der Waals surface area contributed by atoms with E-state index >= 15 is 0 Å². The summed E-state index contributed by atoms with van der Waals surface area (Å²) in [5.74, 6) is 0.409. The van der Waals surface area contributed by atoms with E-state index in [0.717, 1.165) is 57.7 Å². The summed E-state index contributed by atoms with van der Waals surface area (Å²) in [6, 6.07) is 0. The number of Topliss-reactive ketones (excluding diaryl/α,β-unsaturated/α-hetero) is 1. The highest BCUT2D eigenvalue weighted by Gasteiger charge is 2.46. The molecule has 0 saturated heterocycles. The molecular formula is C14H24O2. The van der Waals surface area contributed by atoms with Gasteiger partial charge in [-0.05, 0) is 25.7 Å². The van der Waals surface area contributed by atoms with Crippen LogP contribution in [0.1, 0.15) is 65.2 Å². The average Bonchev–Trinajstić information content (AvgIpc) is 2.62. The maximum atomic E-state index is 12.2. The highest BCUT2D eigenvalue weighted by atomic mass is 16.1. The Morgan fingerprint density at radius 2 is 2.00 bits per heavy atom. The highest BCUT2D eigenvalue weighted by molar-refractivity contribution is 6.01. The largest absolute Gasteiger partial charge is 0.302 e. The zero-order chi connectivity index (χ0) is 12.0. The van der Waals surface area contributed by atoms with Crippen molar-refractivity contribution in [3.05, 3.63) is 0 Å². The number of hydrogen-bond acceptors (Lipinski definition) is 2. The van der Waals surface area contributed by atoms with Gasteiger partial charge in [-0.2, -0.15) is 0 Å². The monoisotopic (exact) mass is 224 g/mol. The molecule has 1 aliphatic rings. The van der Waals surface area contributed by atoms with E-state index in [-0.39, 0.29) is 11.7 Å². The van der Waals surface area contributed by atoms with Crippen molar-refractivity contribution in [2.45, 2.75) is 65.2 Å². The lowest BCUT2D eigenvalue weighted by molar-refractivity contribution is -0.134. The smallest absolute Gasteiger partial charge is 0.149 e. The molecule has 2 nitrogen and oxygen atoms in total. The van der Waals surface area contributed by atoms with Crippen LogP contribution in [0.3, 0.4) is 0 Å². The minimum atomic E-state index is -0.603. The van der Waals surface area contributed by atoms with E-state index in [2.05, 4.69) is 13.8 Å². The van der Waals surface area contributed by atoms with E-state index in [4.69, 9.17) is 0 Å². The Morgan fingerprint density at radius 1 is 1.31 bits per heavy atom. The molecule has 2 atom stereocenters. The van der Waals surface area contributed by atoms with Gasteiger partial charge < -0.3 is 4.79 Å². The first-order chi connectivity index (χ1) is 7.70. The standard InChI is InChI=1S/C14H24O2/c1-3-5-7-12-8-10-14(11-15,13(12)16)9-6-4-2/h11-12H,3-10H2,1-2H3. The molecule has 0 amide bonds. The zero-order valence-electron chi connectivity index (χ0n) is 10.6. The molecule has 92 valence electrons. The summed E-state index contributed by atoms with van der Waals surface area (Å²) in [7, 11) is 0. The maximum absolute atomic E-state index is 12.2. The van der Waals surface area contributed by atoms with E-state index in [9.17, 15) is 9.59 Å². The molecule has 2 unspecified atom stereocenters. The van der Waals surface area contributed by atoms with Crippen LogP contribution in [-0.2, 0) is 9.59 Å². The summed E-state index contributed by atoms with van der Waals surface area (Å²) >= 11 is 0. The average molecular weight is 224 g/mol. The van der Waals surface area contributed by atoms with E-state index in [1.807, 2.05) is 0 Å². The van der Waals surface area contributed by atoms with Crippen molar-refractivity contribution in [3.8, 4) is 0 Å². The first kappa shape index (κ1) is 13.4. The van der Waals surface area contributed by atoms with Crippen molar-refractivity contribution < 1.29 is 9.59 Å². The van der Waals surface area contributed by atoms with Crippen LogP contribution in [0.25, 0.3) is 0 Å². The van der Waals surface area contributed by atoms with Crippen molar-refractivity contribution in [1.29, 1.82) is 0 Å². The van der Waals surface area contributed by atoms with Crippen LogP contribution in [0.2, 0.25) is 0 Å². The molecule has 0 aromatic heterocycles. The molecule has 0 aromatic carbocycles. The van der Waals surface area contributed by atoms with E-state index in [1.165, 1.54) is 0 Å². The Kier molecular flexibility index (Phi) is 5.17. The first-order valence-electron chi connectivity index (χ1n) is 6.70. The maximum Gasteiger partial charge on any atom is 0.149 e. The lowest BCUT2D eigenvalue weighted by Crippen LogP contribution is -2.30. The van der Waals surface area contributed by atoms with Crippen molar-refractivity contribution in [2.24, 2.45) is 11.3 Å². The second-order valence-corrected chi connectivity index (χ2v) is 5.12. The molecule has 1 rings (SSSR count). The van der Waals surface area contributed by atoms with Crippen LogP contribution < -0.4 is 0 Å². The fourth-order valence-corrected chi connectivity index (χ4v) is 2.73. The summed E-state index contributed by atoms with van der Waals surface area (Å²) in [4.78, 5) is 23.5. The molecule has 0 aliphatic heterocycles. The van der Waals surface area contributed by atoms with Crippen LogP contribution in [-0.4, -0.2) is 12.1 Å². The Balaban J connectivity index is 2.60. The van der Waals surface area contributed by atoms with Gasteiger partial charge in [0.2, 0.25) is 0 Å². The fourth-order valence-electron chi connectivity index (χ4n) is 2.73. The highest BCUT2D eigenvalue weighted by Crippen LogP contribution is 2.42.